The molecular formula is C16H16N4O2S2. The van der Waals surface area contributed by atoms with Gasteiger partial charge < -0.3 is 5.32 Å². The second kappa shape index (κ2) is 7.50. The Balaban J connectivity index is 1.56. The summed E-state index contributed by atoms with van der Waals surface area (Å²) < 4.78 is 1.39. The SMILES string of the molecule is Cc1nc(-c2cccs2)sc1C(=O)NCCCn1ncccc1=O. The Hall–Kier alpha value is -2.32. The highest BCUT2D eigenvalue weighted by molar-refractivity contribution is 7.22. The number of aromatic nitrogens is 3. The van der Waals surface area contributed by atoms with Gasteiger partial charge in [0.15, 0.2) is 0 Å². The van der Waals surface area contributed by atoms with Gasteiger partial charge in [-0.2, -0.15) is 5.10 Å². The maximum Gasteiger partial charge on any atom is 0.266 e. The van der Waals surface area contributed by atoms with E-state index in [1.807, 2.05) is 24.4 Å². The first-order valence-corrected chi connectivity index (χ1v) is 9.16. The van der Waals surface area contributed by atoms with E-state index in [4.69, 9.17) is 0 Å². The van der Waals surface area contributed by atoms with Crippen molar-refractivity contribution < 1.29 is 4.79 Å². The third-order valence-corrected chi connectivity index (χ3v) is 5.55. The number of thiazole rings is 1. The molecule has 1 N–H and O–H groups in total. The lowest BCUT2D eigenvalue weighted by molar-refractivity contribution is 0.0956. The molecule has 0 saturated carbocycles. The number of nitrogens with zero attached hydrogens (tertiary/aromatic N) is 3. The van der Waals surface area contributed by atoms with Gasteiger partial charge in [-0.05, 0) is 30.9 Å². The maximum atomic E-state index is 12.3. The minimum atomic E-state index is -0.136. The van der Waals surface area contributed by atoms with Crippen LogP contribution in [0.1, 0.15) is 21.8 Å². The van der Waals surface area contributed by atoms with E-state index >= 15 is 0 Å². The Morgan fingerprint density at radius 3 is 2.96 bits per heavy atom. The molecule has 0 saturated heterocycles. The highest BCUT2D eigenvalue weighted by Gasteiger charge is 2.16. The summed E-state index contributed by atoms with van der Waals surface area (Å²) in [5.74, 6) is -0.124. The largest absolute Gasteiger partial charge is 0.351 e. The molecule has 0 atom stereocenters. The molecule has 0 aliphatic heterocycles. The smallest absolute Gasteiger partial charge is 0.266 e. The van der Waals surface area contributed by atoms with Crippen molar-refractivity contribution in [3.8, 4) is 9.88 Å². The van der Waals surface area contributed by atoms with Crippen LogP contribution < -0.4 is 10.9 Å². The highest BCUT2D eigenvalue weighted by Crippen LogP contribution is 2.30. The van der Waals surface area contributed by atoms with Crippen LogP contribution in [0.2, 0.25) is 0 Å². The van der Waals surface area contributed by atoms with Crippen LogP contribution in [0.4, 0.5) is 0 Å². The summed E-state index contributed by atoms with van der Waals surface area (Å²) in [5, 5.41) is 9.72. The second-order valence-corrected chi connectivity index (χ2v) is 7.05. The molecule has 0 unspecified atom stereocenters. The number of aryl methyl sites for hydroxylation is 2. The average Bonchev–Trinajstić information content (AvgIpc) is 3.22. The highest BCUT2D eigenvalue weighted by atomic mass is 32.1. The molecule has 124 valence electrons. The quantitative estimate of drug-likeness (QED) is 0.686. The number of amides is 1. The van der Waals surface area contributed by atoms with Crippen LogP contribution >= 0.6 is 22.7 Å². The summed E-state index contributed by atoms with van der Waals surface area (Å²) in [7, 11) is 0. The third-order valence-electron chi connectivity index (χ3n) is 3.35. The lowest BCUT2D eigenvalue weighted by Crippen LogP contribution is -2.27. The average molecular weight is 360 g/mol. The van der Waals surface area contributed by atoms with Crippen molar-refractivity contribution >= 4 is 28.6 Å². The lowest BCUT2D eigenvalue weighted by Gasteiger charge is -2.05. The topological polar surface area (TPSA) is 76.9 Å². The number of hydrogen-bond acceptors (Lipinski definition) is 6. The van der Waals surface area contributed by atoms with Gasteiger partial charge in [-0.15, -0.1) is 22.7 Å². The van der Waals surface area contributed by atoms with Crippen LogP contribution in [0, 0.1) is 6.92 Å². The van der Waals surface area contributed by atoms with Crippen LogP contribution in [0.3, 0.4) is 0 Å². The number of hydrogen-bond donors (Lipinski definition) is 1. The summed E-state index contributed by atoms with van der Waals surface area (Å²) in [4.78, 5) is 30.0. The summed E-state index contributed by atoms with van der Waals surface area (Å²) in [5.41, 5.74) is 0.601. The molecule has 8 heteroatoms. The number of carbonyl (C=O) groups is 1. The van der Waals surface area contributed by atoms with E-state index in [2.05, 4.69) is 15.4 Å². The van der Waals surface area contributed by atoms with Gasteiger partial charge in [-0.25, -0.2) is 9.67 Å². The predicted octanol–water partition coefficient (Wildman–Crippen LogP) is 2.56. The van der Waals surface area contributed by atoms with Crippen molar-refractivity contribution in [2.45, 2.75) is 19.9 Å². The van der Waals surface area contributed by atoms with Gasteiger partial charge >= 0.3 is 0 Å². The van der Waals surface area contributed by atoms with Gasteiger partial charge in [0.1, 0.15) is 9.88 Å². The van der Waals surface area contributed by atoms with Crippen molar-refractivity contribution in [2.24, 2.45) is 0 Å². The van der Waals surface area contributed by atoms with Crippen LogP contribution in [0.5, 0.6) is 0 Å². The molecule has 0 fully saturated rings. The zero-order valence-electron chi connectivity index (χ0n) is 13.1. The normalized spacial score (nSPS) is 10.7. The molecule has 0 aliphatic rings. The first-order valence-electron chi connectivity index (χ1n) is 7.47. The molecule has 24 heavy (non-hydrogen) atoms. The molecule has 3 rings (SSSR count). The van der Waals surface area contributed by atoms with E-state index in [-0.39, 0.29) is 11.5 Å². The first kappa shape index (κ1) is 16.5. The Labute approximate surface area is 146 Å². The van der Waals surface area contributed by atoms with E-state index in [9.17, 15) is 9.59 Å². The van der Waals surface area contributed by atoms with Gasteiger partial charge in [0.2, 0.25) is 0 Å². The zero-order chi connectivity index (χ0) is 16.9. The molecule has 0 bridgehead atoms. The van der Waals surface area contributed by atoms with Crippen molar-refractivity contribution in [2.75, 3.05) is 6.54 Å². The summed E-state index contributed by atoms with van der Waals surface area (Å²) >= 11 is 3.01. The van der Waals surface area contributed by atoms with E-state index in [0.717, 1.165) is 15.6 Å². The van der Waals surface area contributed by atoms with Gasteiger partial charge in [-0.1, -0.05) is 6.07 Å². The number of carbonyl (C=O) groups excluding carboxylic acids is 1. The fraction of sp³-hybridized carbons (Fsp3) is 0.250. The van der Waals surface area contributed by atoms with Crippen LogP contribution in [-0.2, 0) is 6.54 Å². The van der Waals surface area contributed by atoms with Gasteiger partial charge in [0.05, 0.1) is 10.6 Å². The van der Waals surface area contributed by atoms with E-state index < -0.39 is 0 Å². The molecule has 0 aromatic carbocycles. The van der Waals surface area contributed by atoms with Gasteiger partial charge in [0, 0.05) is 25.4 Å². The van der Waals surface area contributed by atoms with Crippen molar-refractivity contribution in [1.82, 2.24) is 20.1 Å². The minimum Gasteiger partial charge on any atom is -0.351 e. The summed E-state index contributed by atoms with van der Waals surface area (Å²) in [6.07, 6.45) is 2.21. The molecule has 3 heterocycles. The minimum absolute atomic E-state index is 0.124. The molecule has 0 radical (unpaired) electrons. The van der Waals surface area contributed by atoms with Gasteiger partial charge in [-0.3, -0.25) is 9.59 Å². The Bertz CT molecular complexity index is 884. The summed E-state index contributed by atoms with van der Waals surface area (Å²) in [6, 6.07) is 7.04. The van der Waals surface area contributed by atoms with E-state index in [0.29, 0.717) is 24.4 Å². The van der Waals surface area contributed by atoms with Crippen molar-refractivity contribution in [3.05, 3.63) is 56.8 Å². The molecule has 0 aliphatic carbocycles. The molecular weight excluding hydrogens is 344 g/mol. The standard InChI is InChI=1S/C16H16N4O2S2/c1-11-14(24-16(19-11)12-5-3-10-23-12)15(22)17-7-4-9-20-13(21)6-2-8-18-20/h2-3,5-6,8,10H,4,7,9H2,1H3,(H,17,22). The zero-order valence-corrected chi connectivity index (χ0v) is 14.7. The molecule has 1 amide bonds. The molecule has 6 nitrogen and oxygen atoms in total. The monoisotopic (exact) mass is 360 g/mol. The molecule has 0 spiro atoms. The van der Waals surface area contributed by atoms with Crippen LogP contribution in [0.15, 0.2) is 40.6 Å². The third kappa shape index (κ3) is 3.77. The second-order valence-electron chi connectivity index (χ2n) is 5.11. The van der Waals surface area contributed by atoms with Crippen molar-refractivity contribution in [3.63, 3.8) is 0 Å². The first-order chi connectivity index (χ1) is 11.6. The van der Waals surface area contributed by atoms with Crippen LogP contribution in [0.25, 0.3) is 9.88 Å². The Kier molecular flexibility index (Phi) is 5.17. The van der Waals surface area contributed by atoms with Gasteiger partial charge in [0.25, 0.3) is 11.5 Å². The molecule has 3 aromatic rings. The summed E-state index contributed by atoms with van der Waals surface area (Å²) in [6.45, 7) is 2.80. The van der Waals surface area contributed by atoms with E-state index in [1.54, 1.807) is 23.6 Å². The lowest BCUT2D eigenvalue weighted by atomic mass is 10.3. The fourth-order valence-corrected chi connectivity index (χ4v) is 3.96. The molecule has 3 aromatic heterocycles. The number of rotatable bonds is 6. The maximum absolute atomic E-state index is 12.3. The Morgan fingerprint density at radius 2 is 2.21 bits per heavy atom. The Morgan fingerprint density at radius 1 is 1.33 bits per heavy atom. The van der Waals surface area contributed by atoms with E-state index in [1.165, 1.54) is 22.1 Å². The van der Waals surface area contributed by atoms with Crippen LogP contribution in [-0.4, -0.2) is 27.2 Å². The number of thiophene rings is 1. The van der Waals surface area contributed by atoms with Crippen molar-refractivity contribution in [1.29, 1.82) is 0 Å². The predicted molar refractivity (Wildman–Crippen MR) is 95.6 cm³/mol. The number of nitrogens with one attached hydrogen (secondary N) is 1. The fourth-order valence-electron chi connectivity index (χ4n) is 2.18.